The number of benzene rings is 2. The van der Waals surface area contributed by atoms with E-state index in [0.29, 0.717) is 54.8 Å². The molecule has 0 bridgehead atoms. The van der Waals surface area contributed by atoms with Crippen molar-refractivity contribution in [1.29, 1.82) is 0 Å². The Morgan fingerprint density at radius 1 is 0.944 bits per heavy atom. The maximum atomic E-state index is 13.6. The highest BCUT2D eigenvalue weighted by Crippen LogP contribution is 2.34. The van der Waals surface area contributed by atoms with Gasteiger partial charge >= 0.3 is 0 Å². The lowest BCUT2D eigenvalue weighted by atomic mass is 10.0. The van der Waals surface area contributed by atoms with E-state index in [4.69, 9.17) is 14.7 Å². The molecule has 2 aliphatic rings. The summed E-state index contributed by atoms with van der Waals surface area (Å²) < 4.78 is 24.4. The number of nitrogens with one attached hydrogen (secondary N) is 1. The summed E-state index contributed by atoms with van der Waals surface area (Å²) in [7, 11) is 0. The van der Waals surface area contributed by atoms with Crippen LogP contribution in [0.4, 0.5) is 10.3 Å². The van der Waals surface area contributed by atoms with Crippen molar-refractivity contribution in [2.75, 3.05) is 37.9 Å². The van der Waals surface area contributed by atoms with E-state index in [1.807, 2.05) is 11.0 Å². The van der Waals surface area contributed by atoms with Crippen molar-refractivity contribution in [1.82, 2.24) is 20.3 Å². The molecule has 2 N–H and O–H groups in total. The number of hydroxylamine groups is 1. The van der Waals surface area contributed by atoms with Gasteiger partial charge in [-0.15, -0.1) is 0 Å². The quantitative estimate of drug-likeness (QED) is 0.242. The van der Waals surface area contributed by atoms with Gasteiger partial charge in [0, 0.05) is 44.1 Å². The van der Waals surface area contributed by atoms with Gasteiger partial charge in [-0.05, 0) is 41.5 Å². The predicted molar refractivity (Wildman–Crippen MR) is 127 cm³/mol. The van der Waals surface area contributed by atoms with Crippen molar-refractivity contribution < 1.29 is 28.7 Å². The summed E-state index contributed by atoms with van der Waals surface area (Å²) in [5.74, 6) is 0.404. The van der Waals surface area contributed by atoms with Crippen molar-refractivity contribution in [3.05, 3.63) is 77.4 Å². The third kappa shape index (κ3) is 4.82. The highest BCUT2D eigenvalue weighted by Gasteiger charge is 2.26. The van der Waals surface area contributed by atoms with Crippen LogP contribution in [0.15, 0.2) is 54.9 Å². The fraction of sp³-hybridized carbons (Fsp3) is 0.200. The smallest absolute Gasteiger partial charge is 0.277 e. The normalized spacial score (nSPS) is 15.1. The van der Waals surface area contributed by atoms with E-state index >= 15 is 0 Å². The van der Waals surface area contributed by atoms with Gasteiger partial charge in [-0.1, -0.05) is 18.2 Å². The van der Waals surface area contributed by atoms with Crippen LogP contribution >= 0.6 is 0 Å². The molecule has 2 amide bonds. The predicted octanol–water partition coefficient (Wildman–Crippen LogP) is 2.35. The Kier molecular flexibility index (Phi) is 6.46. The molecule has 2 aromatic carbocycles. The van der Waals surface area contributed by atoms with Crippen LogP contribution < -0.4 is 19.9 Å². The van der Waals surface area contributed by atoms with E-state index in [1.54, 1.807) is 35.2 Å². The van der Waals surface area contributed by atoms with Gasteiger partial charge in [-0.2, -0.15) is 0 Å². The first-order valence-electron chi connectivity index (χ1n) is 11.2. The molecule has 0 radical (unpaired) electrons. The first kappa shape index (κ1) is 23.2. The molecule has 3 heterocycles. The SMILES string of the molecule is O=C(NO)c1cnc(N2CCN(C(=O)C(=Cc3ccc4c(c3)OCO4)c3ccc(F)cc3)CC2)nc1. The van der Waals surface area contributed by atoms with Gasteiger partial charge in [0.25, 0.3) is 11.8 Å². The number of carbonyl (C=O) groups is 2. The summed E-state index contributed by atoms with van der Waals surface area (Å²) in [4.78, 5) is 37.1. The summed E-state index contributed by atoms with van der Waals surface area (Å²) in [6.45, 7) is 1.95. The zero-order valence-electron chi connectivity index (χ0n) is 19.1. The molecule has 5 rings (SSSR count). The van der Waals surface area contributed by atoms with Crippen LogP contribution in [0, 0.1) is 5.82 Å². The molecule has 184 valence electrons. The topological polar surface area (TPSA) is 117 Å². The van der Waals surface area contributed by atoms with Crippen LogP contribution in [0.1, 0.15) is 21.5 Å². The van der Waals surface area contributed by atoms with Gasteiger partial charge in [0.05, 0.1) is 5.56 Å². The number of aromatic nitrogens is 2. The molecule has 36 heavy (non-hydrogen) atoms. The van der Waals surface area contributed by atoms with Crippen molar-refractivity contribution in [3.8, 4) is 11.5 Å². The standard InChI is InChI=1S/C25H22FN5O5/c26-19-4-2-17(3-5-19)20(11-16-1-6-21-22(12-16)36-15-35-21)24(33)30-7-9-31(10-8-30)25-27-13-18(14-28-25)23(32)29-34/h1-6,11-14,34H,7-10,15H2,(H,29,32). The molecule has 0 saturated carbocycles. The Balaban J connectivity index is 1.34. The van der Waals surface area contributed by atoms with Gasteiger partial charge in [-0.25, -0.2) is 19.8 Å². The number of hydrogen-bond acceptors (Lipinski definition) is 8. The number of ether oxygens (including phenoxy) is 2. The van der Waals surface area contributed by atoms with Crippen molar-refractivity contribution >= 4 is 29.4 Å². The maximum absolute atomic E-state index is 13.6. The molecule has 1 saturated heterocycles. The molecular formula is C25H22FN5O5. The Bertz CT molecular complexity index is 1310. The van der Waals surface area contributed by atoms with Crippen LogP contribution in [-0.4, -0.2) is 64.9 Å². The van der Waals surface area contributed by atoms with E-state index in [1.165, 1.54) is 30.0 Å². The highest BCUT2D eigenvalue weighted by atomic mass is 19.1. The molecule has 0 atom stereocenters. The average Bonchev–Trinajstić information content (AvgIpc) is 3.40. The summed E-state index contributed by atoms with van der Waals surface area (Å²) in [6.07, 6.45) is 4.41. The summed E-state index contributed by atoms with van der Waals surface area (Å²) in [5, 5.41) is 8.72. The average molecular weight is 491 g/mol. The van der Waals surface area contributed by atoms with E-state index in [2.05, 4.69) is 9.97 Å². The van der Waals surface area contributed by atoms with Gasteiger partial charge < -0.3 is 19.3 Å². The Morgan fingerprint density at radius 3 is 2.33 bits per heavy atom. The minimum Gasteiger partial charge on any atom is -0.454 e. The minimum atomic E-state index is -0.695. The molecule has 3 aromatic rings. The Hall–Kier alpha value is -4.51. The van der Waals surface area contributed by atoms with E-state index < -0.39 is 5.91 Å². The van der Waals surface area contributed by atoms with E-state index in [9.17, 15) is 14.0 Å². The summed E-state index contributed by atoms with van der Waals surface area (Å²) in [6, 6.07) is 11.2. The Morgan fingerprint density at radius 2 is 1.64 bits per heavy atom. The largest absolute Gasteiger partial charge is 0.454 e. The number of halogens is 1. The fourth-order valence-electron chi connectivity index (χ4n) is 4.01. The van der Waals surface area contributed by atoms with Gasteiger partial charge in [0.15, 0.2) is 11.5 Å². The third-order valence-electron chi connectivity index (χ3n) is 5.94. The number of piperazine rings is 1. The number of hydrogen-bond donors (Lipinski definition) is 2. The summed E-state index contributed by atoms with van der Waals surface area (Å²) in [5.41, 5.74) is 3.45. The minimum absolute atomic E-state index is 0.132. The van der Waals surface area contributed by atoms with Crippen LogP contribution in [-0.2, 0) is 4.79 Å². The van der Waals surface area contributed by atoms with Crippen LogP contribution in [0.25, 0.3) is 11.6 Å². The Labute approximate surface area is 205 Å². The van der Waals surface area contributed by atoms with Crippen molar-refractivity contribution in [3.63, 3.8) is 0 Å². The molecule has 1 aromatic heterocycles. The van der Waals surface area contributed by atoms with Gasteiger partial charge in [0.2, 0.25) is 12.7 Å². The van der Waals surface area contributed by atoms with Crippen LogP contribution in [0.3, 0.4) is 0 Å². The molecule has 10 nitrogen and oxygen atoms in total. The van der Waals surface area contributed by atoms with Crippen molar-refractivity contribution in [2.45, 2.75) is 0 Å². The fourth-order valence-corrected chi connectivity index (χ4v) is 4.01. The lowest BCUT2D eigenvalue weighted by Gasteiger charge is -2.35. The second-order valence-corrected chi connectivity index (χ2v) is 8.17. The van der Waals surface area contributed by atoms with Crippen LogP contribution in [0.5, 0.6) is 11.5 Å². The molecule has 0 aliphatic carbocycles. The number of anilines is 1. The number of rotatable bonds is 5. The van der Waals surface area contributed by atoms with Gasteiger partial charge in [0.1, 0.15) is 5.82 Å². The lowest BCUT2D eigenvalue weighted by Crippen LogP contribution is -2.49. The molecule has 11 heteroatoms. The van der Waals surface area contributed by atoms with E-state index in [0.717, 1.165) is 5.56 Å². The van der Waals surface area contributed by atoms with Crippen molar-refractivity contribution in [2.24, 2.45) is 0 Å². The first-order valence-corrected chi connectivity index (χ1v) is 11.2. The third-order valence-corrected chi connectivity index (χ3v) is 5.94. The number of carbonyl (C=O) groups excluding carboxylic acids is 2. The van der Waals surface area contributed by atoms with Gasteiger partial charge in [-0.3, -0.25) is 14.8 Å². The lowest BCUT2D eigenvalue weighted by molar-refractivity contribution is -0.125. The molecule has 2 aliphatic heterocycles. The van der Waals surface area contributed by atoms with Crippen LogP contribution in [0.2, 0.25) is 0 Å². The molecular weight excluding hydrogens is 469 g/mol. The molecule has 0 spiro atoms. The molecule has 0 unspecified atom stereocenters. The highest BCUT2D eigenvalue weighted by molar-refractivity contribution is 6.24. The van der Waals surface area contributed by atoms with E-state index in [-0.39, 0.29) is 24.1 Å². The number of amides is 2. The second kappa shape index (κ2) is 10.0. The summed E-state index contributed by atoms with van der Waals surface area (Å²) >= 11 is 0. The maximum Gasteiger partial charge on any atom is 0.277 e. The zero-order chi connectivity index (χ0) is 25.1. The number of fused-ring (bicyclic) bond motifs is 1. The monoisotopic (exact) mass is 491 g/mol. The number of nitrogens with zero attached hydrogens (tertiary/aromatic N) is 4. The first-order chi connectivity index (χ1) is 17.5. The zero-order valence-corrected chi connectivity index (χ0v) is 19.1. The molecule has 1 fully saturated rings. The second-order valence-electron chi connectivity index (χ2n) is 8.17.